The average Bonchev–Trinajstić information content (AvgIpc) is 2.50. The first kappa shape index (κ1) is 16.1. The first-order valence-electron chi connectivity index (χ1n) is 5.79. The minimum atomic E-state index is -0.810. The summed E-state index contributed by atoms with van der Waals surface area (Å²) in [4.78, 5) is 32.8. The highest BCUT2D eigenvalue weighted by atomic mass is 16.6. The lowest BCUT2D eigenvalue weighted by atomic mass is 10.1. The number of ether oxygens (including phenoxy) is 2. The summed E-state index contributed by atoms with van der Waals surface area (Å²) in [6.07, 6.45) is 4.28. The molecule has 0 atom stereocenters. The van der Waals surface area contributed by atoms with Crippen LogP contribution >= 0.6 is 0 Å². The molecule has 0 radical (unpaired) electrons. The second kappa shape index (κ2) is 7.59. The molecule has 1 aromatic carbocycles. The molecule has 0 aliphatic heterocycles. The van der Waals surface area contributed by atoms with Crippen LogP contribution in [0.3, 0.4) is 0 Å². The second-order valence-electron chi connectivity index (χ2n) is 3.77. The number of nitro groups is 1. The summed E-state index contributed by atoms with van der Waals surface area (Å²) in [7, 11) is 2.30. The molecule has 0 spiro atoms. The van der Waals surface area contributed by atoms with Crippen molar-refractivity contribution in [2.24, 2.45) is 0 Å². The number of nitro benzene ring substituents is 1. The smallest absolute Gasteiger partial charge is 0.345 e. The largest absolute Gasteiger partial charge is 0.465 e. The summed E-state index contributed by atoms with van der Waals surface area (Å²) in [5.41, 5.74) is 0.400. The summed E-state index contributed by atoms with van der Waals surface area (Å²) >= 11 is 0. The van der Waals surface area contributed by atoms with Gasteiger partial charge in [0.15, 0.2) is 0 Å². The molecule has 1 aromatic rings. The van der Waals surface area contributed by atoms with E-state index in [0.717, 1.165) is 14.2 Å². The Morgan fingerprint density at radius 2 is 1.62 bits per heavy atom. The van der Waals surface area contributed by atoms with Gasteiger partial charge >= 0.3 is 11.9 Å². The van der Waals surface area contributed by atoms with Crippen LogP contribution in [0.5, 0.6) is 0 Å². The van der Waals surface area contributed by atoms with Gasteiger partial charge in [0.2, 0.25) is 0 Å². The number of non-ortho nitro benzene ring substituents is 1. The van der Waals surface area contributed by atoms with E-state index in [1.165, 1.54) is 24.3 Å². The van der Waals surface area contributed by atoms with Gasteiger partial charge in [-0.3, -0.25) is 10.1 Å². The van der Waals surface area contributed by atoms with E-state index in [1.54, 1.807) is 18.2 Å². The lowest BCUT2D eigenvalue weighted by Gasteiger charge is -2.01. The van der Waals surface area contributed by atoms with Gasteiger partial charge in [0.05, 0.1) is 19.1 Å². The van der Waals surface area contributed by atoms with Crippen molar-refractivity contribution in [2.75, 3.05) is 14.2 Å². The Morgan fingerprint density at radius 3 is 2.05 bits per heavy atom. The third-order valence-electron chi connectivity index (χ3n) is 2.47. The van der Waals surface area contributed by atoms with Crippen LogP contribution in [-0.2, 0) is 19.1 Å². The highest BCUT2D eigenvalue weighted by molar-refractivity contribution is 6.14. The molecule has 0 amide bonds. The molecule has 0 unspecified atom stereocenters. The summed E-state index contributed by atoms with van der Waals surface area (Å²) in [6.45, 7) is 0. The van der Waals surface area contributed by atoms with Crippen molar-refractivity contribution < 1.29 is 24.0 Å². The lowest BCUT2D eigenvalue weighted by Crippen LogP contribution is -2.15. The maximum absolute atomic E-state index is 11.4. The number of nitrogens with zero attached hydrogens (tertiary/aromatic N) is 1. The number of allylic oxidation sites excluding steroid dienone is 2. The number of hydrogen-bond acceptors (Lipinski definition) is 6. The van der Waals surface area contributed by atoms with Crippen LogP contribution < -0.4 is 0 Å². The van der Waals surface area contributed by atoms with Gasteiger partial charge in [-0.25, -0.2) is 9.59 Å². The Morgan fingerprint density at radius 1 is 1.10 bits per heavy atom. The van der Waals surface area contributed by atoms with E-state index in [2.05, 4.69) is 9.47 Å². The molecule has 7 nitrogen and oxygen atoms in total. The van der Waals surface area contributed by atoms with Gasteiger partial charge in [-0.15, -0.1) is 0 Å². The number of methoxy groups -OCH3 is 2. The predicted molar refractivity (Wildman–Crippen MR) is 74.2 cm³/mol. The van der Waals surface area contributed by atoms with Crippen molar-refractivity contribution in [3.8, 4) is 0 Å². The molecule has 0 N–H and O–H groups in total. The highest BCUT2D eigenvalue weighted by Crippen LogP contribution is 2.13. The zero-order valence-electron chi connectivity index (χ0n) is 11.4. The molecular formula is C14H13NO6. The monoisotopic (exact) mass is 291 g/mol. The molecule has 0 heterocycles. The predicted octanol–water partition coefficient (Wildman–Crippen LogP) is 1.88. The minimum Gasteiger partial charge on any atom is -0.465 e. The van der Waals surface area contributed by atoms with Crippen molar-refractivity contribution in [3.05, 3.63) is 57.7 Å². The third kappa shape index (κ3) is 4.57. The molecule has 0 fully saturated rings. The summed E-state index contributed by atoms with van der Waals surface area (Å²) in [5, 5.41) is 10.5. The fraction of sp³-hybridized carbons (Fsp3) is 0.143. The highest BCUT2D eigenvalue weighted by Gasteiger charge is 2.18. The van der Waals surface area contributed by atoms with E-state index in [-0.39, 0.29) is 11.3 Å². The van der Waals surface area contributed by atoms with Crippen molar-refractivity contribution in [3.63, 3.8) is 0 Å². The van der Waals surface area contributed by atoms with Crippen LogP contribution in [0.4, 0.5) is 5.69 Å². The van der Waals surface area contributed by atoms with Crippen molar-refractivity contribution in [1.82, 2.24) is 0 Å². The van der Waals surface area contributed by atoms with Gasteiger partial charge in [0.1, 0.15) is 5.57 Å². The van der Waals surface area contributed by atoms with Crippen LogP contribution in [-0.4, -0.2) is 31.1 Å². The second-order valence-corrected chi connectivity index (χ2v) is 3.77. The average molecular weight is 291 g/mol. The molecule has 0 saturated heterocycles. The molecule has 7 heteroatoms. The van der Waals surface area contributed by atoms with Crippen LogP contribution in [0, 0.1) is 10.1 Å². The molecule has 0 aliphatic carbocycles. The Hall–Kier alpha value is -2.96. The zero-order valence-corrected chi connectivity index (χ0v) is 11.4. The van der Waals surface area contributed by atoms with E-state index >= 15 is 0 Å². The summed E-state index contributed by atoms with van der Waals surface area (Å²) in [6, 6.07) is 5.78. The molecule has 0 bridgehead atoms. The Labute approximate surface area is 120 Å². The number of carbonyl (C=O) groups excluding carboxylic acids is 2. The summed E-state index contributed by atoms with van der Waals surface area (Å²) < 4.78 is 8.93. The van der Waals surface area contributed by atoms with Crippen molar-refractivity contribution in [2.45, 2.75) is 0 Å². The molecule has 1 rings (SSSR count). The summed E-state index contributed by atoms with van der Waals surface area (Å²) in [5.74, 6) is -1.62. The first-order chi connectivity index (χ1) is 9.99. The van der Waals surface area contributed by atoms with Gasteiger partial charge in [-0.1, -0.05) is 12.2 Å². The molecule has 0 saturated carbocycles. The number of esters is 2. The Bertz CT molecular complexity index is 582. The van der Waals surface area contributed by atoms with Crippen molar-refractivity contribution >= 4 is 23.7 Å². The third-order valence-corrected chi connectivity index (χ3v) is 2.47. The van der Waals surface area contributed by atoms with E-state index in [1.807, 2.05) is 0 Å². The SMILES string of the molecule is COC(=O)C(=C/C=C/c1ccc([N+](=O)[O-])cc1)C(=O)OC. The number of benzene rings is 1. The fourth-order valence-corrected chi connectivity index (χ4v) is 1.40. The zero-order chi connectivity index (χ0) is 15.8. The maximum atomic E-state index is 11.4. The topological polar surface area (TPSA) is 95.7 Å². The molecule has 0 aliphatic rings. The van der Waals surface area contributed by atoms with E-state index in [0.29, 0.717) is 5.56 Å². The van der Waals surface area contributed by atoms with E-state index in [9.17, 15) is 19.7 Å². The Balaban J connectivity index is 2.91. The van der Waals surface area contributed by atoms with Gasteiger partial charge in [-0.2, -0.15) is 0 Å². The van der Waals surface area contributed by atoms with Gasteiger partial charge in [0, 0.05) is 12.1 Å². The lowest BCUT2D eigenvalue weighted by molar-refractivity contribution is -0.384. The quantitative estimate of drug-likeness (QED) is 0.156. The molecule has 0 aromatic heterocycles. The molecule has 110 valence electrons. The van der Waals surface area contributed by atoms with Crippen LogP contribution in [0.25, 0.3) is 6.08 Å². The van der Waals surface area contributed by atoms with Crippen LogP contribution in [0.1, 0.15) is 5.56 Å². The normalized spacial score (nSPS) is 10.0. The Kier molecular flexibility index (Phi) is 5.81. The fourth-order valence-electron chi connectivity index (χ4n) is 1.40. The van der Waals surface area contributed by atoms with Crippen molar-refractivity contribution in [1.29, 1.82) is 0 Å². The standard InChI is InChI=1S/C14H13NO6/c1-20-13(16)12(14(17)21-2)5-3-4-10-6-8-11(9-7-10)15(18)19/h3-9H,1-2H3/b4-3+. The van der Waals surface area contributed by atoms with Crippen LogP contribution in [0.15, 0.2) is 42.0 Å². The van der Waals surface area contributed by atoms with E-state index in [4.69, 9.17) is 0 Å². The number of carbonyl (C=O) groups is 2. The van der Waals surface area contributed by atoms with Gasteiger partial charge in [-0.05, 0) is 23.8 Å². The van der Waals surface area contributed by atoms with Gasteiger partial charge < -0.3 is 9.47 Å². The molecular weight excluding hydrogens is 278 g/mol. The number of hydrogen-bond donors (Lipinski definition) is 0. The van der Waals surface area contributed by atoms with E-state index < -0.39 is 16.9 Å². The maximum Gasteiger partial charge on any atom is 0.345 e. The van der Waals surface area contributed by atoms with Gasteiger partial charge in [0.25, 0.3) is 5.69 Å². The van der Waals surface area contributed by atoms with Crippen LogP contribution in [0.2, 0.25) is 0 Å². The number of rotatable bonds is 5. The first-order valence-corrected chi connectivity index (χ1v) is 5.79. The molecule has 21 heavy (non-hydrogen) atoms. The minimum absolute atomic E-state index is 0.0208.